The Morgan fingerprint density at radius 2 is 0.750 bits per heavy atom. The van der Waals surface area contributed by atoms with Gasteiger partial charge in [0.05, 0.1) is 64.8 Å². The molecule has 0 heterocycles. The normalized spacial score (nSPS) is 11.1. The SMILES string of the molecule is OCCNc1c(Cl)c(Cl)c(Cl)c(Cl)c1-c1c(Cl)c(Cl)c(Cl)c(Cl)c1NCCO. The molecule has 0 aliphatic rings. The lowest BCUT2D eigenvalue weighted by Gasteiger charge is -2.23. The minimum atomic E-state index is -0.195. The van der Waals surface area contributed by atoms with Crippen LogP contribution < -0.4 is 10.6 Å². The van der Waals surface area contributed by atoms with Crippen molar-refractivity contribution in [2.75, 3.05) is 36.9 Å². The van der Waals surface area contributed by atoms with Gasteiger partial charge in [0.2, 0.25) is 0 Å². The predicted molar refractivity (Wildman–Crippen MR) is 123 cm³/mol. The molecule has 0 unspecified atom stereocenters. The Balaban J connectivity index is 2.98. The van der Waals surface area contributed by atoms with Crippen molar-refractivity contribution in [2.45, 2.75) is 0 Å². The highest BCUT2D eigenvalue weighted by molar-refractivity contribution is 6.56. The lowest BCUT2D eigenvalue weighted by Crippen LogP contribution is -2.11. The second kappa shape index (κ2) is 10.5. The van der Waals surface area contributed by atoms with Crippen LogP contribution in [0.4, 0.5) is 11.4 Å². The zero-order valence-electron chi connectivity index (χ0n) is 13.7. The molecule has 2 aromatic rings. The molecule has 0 amide bonds. The first-order chi connectivity index (χ1) is 13.2. The van der Waals surface area contributed by atoms with Gasteiger partial charge in [-0.3, -0.25) is 0 Å². The van der Waals surface area contributed by atoms with Gasteiger partial charge in [0.25, 0.3) is 0 Å². The number of anilines is 2. The number of rotatable bonds is 7. The van der Waals surface area contributed by atoms with E-state index in [1.54, 1.807) is 0 Å². The van der Waals surface area contributed by atoms with E-state index in [0.717, 1.165) is 0 Å². The summed E-state index contributed by atoms with van der Waals surface area (Å²) in [5, 5.41) is 24.5. The molecule has 2 aromatic carbocycles. The van der Waals surface area contributed by atoms with Crippen LogP contribution in [0.3, 0.4) is 0 Å². The summed E-state index contributed by atoms with van der Waals surface area (Å²) >= 11 is 50.5. The molecule has 0 aromatic heterocycles. The summed E-state index contributed by atoms with van der Waals surface area (Å²) in [4.78, 5) is 0. The van der Waals surface area contributed by atoms with Gasteiger partial charge in [-0.25, -0.2) is 0 Å². The zero-order chi connectivity index (χ0) is 21.2. The van der Waals surface area contributed by atoms with Crippen molar-refractivity contribution in [3.05, 3.63) is 40.2 Å². The molecule has 12 heteroatoms. The van der Waals surface area contributed by atoms with Crippen molar-refractivity contribution in [3.63, 3.8) is 0 Å². The molecule has 0 aliphatic heterocycles. The van der Waals surface area contributed by atoms with E-state index in [4.69, 9.17) is 92.8 Å². The first kappa shape index (κ1) is 24.5. The van der Waals surface area contributed by atoms with Gasteiger partial charge in [-0.2, -0.15) is 0 Å². The monoisotopic (exact) mass is 544 g/mol. The third-order valence-electron chi connectivity index (χ3n) is 3.61. The number of hydrogen-bond donors (Lipinski definition) is 4. The summed E-state index contributed by atoms with van der Waals surface area (Å²) in [6.07, 6.45) is 0. The molecule has 0 fully saturated rings. The summed E-state index contributed by atoms with van der Waals surface area (Å²) in [6.45, 7) is -0.127. The molecule has 0 spiro atoms. The summed E-state index contributed by atoms with van der Waals surface area (Å²) in [6, 6.07) is 0. The van der Waals surface area contributed by atoms with E-state index in [1.165, 1.54) is 0 Å². The summed E-state index contributed by atoms with van der Waals surface area (Å²) in [5.41, 5.74) is 1.03. The molecule has 0 saturated carbocycles. The Bertz CT molecular complexity index is 834. The van der Waals surface area contributed by atoms with Crippen molar-refractivity contribution < 1.29 is 10.2 Å². The van der Waals surface area contributed by atoms with E-state index in [-0.39, 0.29) is 89.0 Å². The third kappa shape index (κ3) is 4.62. The Hall–Kier alpha value is 0.280. The van der Waals surface area contributed by atoms with Gasteiger partial charge in [0.15, 0.2) is 0 Å². The quantitative estimate of drug-likeness (QED) is 0.216. The first-order valence-electron chi connectivity index (χ1n) is 7.60. The van der Waals surface area contributed by atoms with Gasteiger partial charge in [-0.1, -0.05) is 92.8 Å². The van der Waals surface area contributed by atoms with Crippen molar-refractivity contribution in [3.8, 4) is 11.1 Å². The Morgan fingerprint density at radius 1 is 0.464 bits per heavy atom. The Morgan fingerprint density at radius 3 is 1.04 bits per heavy atom. The maximum atomic E-state index is 9.20. The maximum absolute atomic E-state index is 9.20. The van der Waals surface area contributed by atoms with Crippen molar-refractivity contribution >= 4 is 104 Å². The van der Waals surface area contributed by atoms with Crippen molar-refractivity contribution in [1.82, 2.24) is 0 Å². The number of nitrogens with one attached hydrogen (secondary N) is 2. The van der Waals surface area contributed by atoms with Crippen molar-refractivity contribution in [2.24, 2.45) is 0 Å². The standard InChI is InChI=1S/C16H12Cl8N2O2/c17-7-5(15(25-1-3-27)13(23)11(21)9(7)19)6-8(18)10(20)12(22)14(24)16(6)26-2-4-28/h25-28H,1-4H2. The van der Waals surface area contributed by atoms with Crippen molar-refractivity contribution in [1.29, 1.82) is 0 Å². The van der Waals surface area contributed by atoms with Gasteiger partial charge in [0, 0.05) is 24.2 Å². The lowest BCUT2D eigenvalue weighted by atomic mass is 10.0. The van der Waals surface area contributed by atoms with Crippen LogP contribution >= 0.6 is 92.8 Å². The fraction of sp³-hybridized carbons (Fsp3) is 0.250. The minimum Gasteiger partial charge on any atom is -0.395 e. The van der Waals surface area contributed by atoms with E-state index in [0.29, 0.717) is 0 Å². The lowest BCUT2D eigenvalue weighted by molar-refractivity contribution is 0.310. The Kier molecular flexibility index (Phi) is 9.24. The Labute approximate surface area is 201 Å². The maximum Gasteiger partial charge on any atom is 0.0846 e. The third-order valence-corrected chi connectivity index (χ3v) is 7.22. The largest absolute Gasteiger partial charge is 0.395 e. The van der Waals surface area contributed by atoms with E-state index < -0.39 is 0 Å². The summed E-state index contributed by atoms with van der Waals surface area (Å²) < 4.78 is 0. The smallest absolute Gasteiger partial charge is 0.0846 e. The average molecular weight is 548 g/mol. The molecule has 4 N–H and O–H groups in total. The molecule has 154 valence electrons. The zero-order valence-corrected chi connectivity index (χ0v) is 19.8. The molecule has 2 rings (SSSR count). The van der Waals surface area contributed by atoms with Crippen LogP contribution in [0.5, 0.6) is 0 Å². The van der Waals surface area contributed by atoms with Gasteiger partial charge in [0.1, 0.15) is 0 Å². The highest BCUT2D eigenvalue weighted by Gasteiger charge is 2.28. The average Bonchev–Trinajstić information content (AvgIpc) is 2.69. The van der Waals surface area contributed by atoms with Gasteiger partial charge in [-0.05, 0) is 0 Å². The molecule has 0 radical (unpaired) electrons. The number of aliphatic hydroxyl groups excluding tert-OH is 2. The fourth-order valence-electron chi connectivity index (χ4n) is 2.43. The van der Waals surface area contributed by atoms with E-state index >= 15 is 0 Å². The van der Waals surface area contributed by atoms with Gasteiger partial charge in [-0.15, -0.1) is 0 Å². The first-order valence-corrected chi connectivity index (χ1v) is 10.6. The molecule has 0 bridgehead atoms. The summed E-state index contributed by atoms with van der Waals surface area (Å²) in [7, 11) is 0. The molecular formula is C16H12Cl8N2O2. The fourth-order valence-corrected chi connectivity index (χ4v) is 4.45. The molecule has 0 saturated heterocycles. The predicted octanol–water partition coefficient (Wildman–Crippen LogP) is 7.39. The topological polar surface area (TPSA) is 64.5 Å². The van der Waals surface area contributed by atoms with Crippen LogP contribution in [0.25, 0.3) is 11.1 Å². The molecule has 28 heavy (non-hydrogen) atoms. The number of benzene rings is 2. The minimum absolute atomic E-state index is 0.00995. The van der Waals surface area contributed by atoms with Crippen LogP contribution in [-0.2, 0) is 0 Å². The van der Waals surface area contributed by atoms with Crippen LogP contribution in [0.1, 0.15) is 0 Å². The van der Waals surface area contributed by atoms with Gasteiger partial charge < -0.3 is 20.8 Å². The van der Waals surface area contributed by atoms with Crippen LogP contribution in [0.2, 0.25) is 40.2 Å². The number of halogens is 8. The van der Waals surface area contributed by atoms with Gasteiger partial charge >= 0.3 is 0 Å². The number of hydrogen-bond acceptors (Lipinski definition) is 4. The van der Waals surface area contributed by atoms with E-state index in [2.05, 4.69) is 10.6 Å². The van der Waals surface area contributed by atoms with Crippen LogP contribution in [0.15, 0.2) is 0 Å². The highest BCUT2D eigenvalue weighted by Crippen LogP contribution is 2.56. The molecular weight excluding hydrogens is 536 g/mol. The van der Waals surface area contributed by atoms with Crippen LogP contribution in [-0.4, -0.2) is 36.5 Å². The number of aliphatic hydroxyl groups is 2. The van der Waals surface area contributed by atoms with Crippen LogP contribution in [0, 0.1) is 0 Å². The molecule has 4 nitrogen and oxygen atoms in total. The second-order valence-corrected chi connectivity index (χ2v) is 8.34. The van der Waals surface area contributed by atoms with E-state index in [1.807, 2.05) is 0 Å². The highest BCUT2D eigenvalue weighted by atomic mass is 35.5. The molecule has 0 atom stereocenters. The van der Waals surface area contributed by atoms with E-state index in [9.17, 15) is 10.2 Å². The summed E-state index contributed by atoms with van der Waals surface area (Å²) in [5.74, 6) is 0. The second-order valence-electron chi connectivity index (χ2n) is 5.31. The molecule has 0 aliphatic carbocycles.